The molecule has 0 saturated carbocycles. The Kier molecular flexibility index (Phi) is 4.32. The average molecular weight is 378 g/mol. The van der Waals surface area contributed by atoms with Gasteiger partial charge >= 0.3 is 5.97 Å². The zero-order chi connectivity index (χ0) is 18.3. The average Bonchev–Trinajstić information content (AvgIpc) is 2.87. The second-order valence-corrected chi connectivity index (χ2v) is 6.71. The molecule has 0 atom stereocenters. The van der Waals surface area contributed by atoms with Crippen LogP contribution in [-0.2, 0) is 11.3 Å². The number of carbonyl (C=O) groups excluding carboxylic acids is 1. The van der Waals surface area contributed by atoms with Gasteiger partial charge in [0.25, 0.3) is 11.5 Å². The van der Waals surface area contributed by atoms with Gasteiger partial charge in [-0.3, -0.25) is 19.0 Å². The minimum Gasteiger partial charge on any atom is -0.480 e. The maximum Gasteiger partial charge on any atom is 0.323 e. The number of carboxylic acids is 1. The van der Waals surface area contributed by atoms with Crippen molar-refractivity contribution in [2.75, 3.05) is 0 Å². The van der Waals surface area contributed by atoms with Gasteiger partial charge in [0.05, 0.1) is 15.3 Å². The molecule has 2 aromatic heterocycles. The molecule has 3 rings (SSSR count). The van der Waals surface area contributed by atoms with Gasteiger partial charge in [0.1, 0.15) is 17.2 Å². The lowest BCUT2D eigenvalue weighted by Gasteiger charge is -2.11. The predicted octanol–water partition coefficient (Wildman–Crippen LogP) is 2.27. The number of nitrogens with zero attached hydrogens (tertiary/aromatic N) is 2. The number of nitrogens with two attached hydrogens (primary N) is 1. The summed E-state index contributed by atoms with van der Waals surface area (Å²) in [5.74, 6) is -1.73. The van der Waals surface area contributed by atoms with Crippen LogP contribution in [0.3, 0.4) is 0 Å². The number of carbonyl (C=O) groups is 2. The second kappa shape index (κ2) is 6.30. The van der Waals surface area contributed by atoms with Gasteiger partial charge in [-0.2, -0.15) is 0 Å². The molecule has 0 aliphatic heterocycles. The standard InChI is InChI=1S/C16H12ClN3O4S/c1-7-11-15(25-12(7)13(18)23)19-14(8-4-2-3-5-9(8)17)20(16(11)24)6-10(21)22/h2-5H,6H2,1H3,(H2,18,23)(H,21,22). The lowest BCUT2D eigenvalue weighted by atomic mass is 10.1. The Morgan fingerprint density at radius 2 is 2.04 bits per heavy atom. The van der Waals surface area contributed by atoms with Gasteiger partial charge in [0, 0.05) is 5.56 Å². The van der Waals surface area contributed by atoms with E-state index in [-0.39, 0.29) is 16.1 Å². The van der Waals surface area contributed by atoms with Crippen LogP contribution in [0.15, 0.2) is 29.1 Å². The second-order valence-electron chi connectivity index (χ2n) is 5.30. The molecule has 0 spiro atoms. The predicted molar refractivity (Wildman–Crippen MR) is 95.2 cm³/mol. The molecule has 0 radical (unpaired) electrons. The zero-order valence-corrected chi connectivity index (χ0v) is 14.5. The van der Waals surface area contributed by atoms with Gasteiger partial charge in [0.2, 0.25) is 0 Å². The fraction of sp³-hybridized carbons (Fsp3) is 0.125. The SMILES string of the molecule is Cc1c(C(N)=O)sc2nc(-c3ccccc3Cl)n(CC(=O)O)c(=O)c12. The third-order valence-electron chi connectivity index (χ3n) is 3.68. The number of carboxylic acid groups (broad SMARTS) is 1. The summed E-state index contributed by atoms with van der Waals surface area (Å²) in [6.07, 6.45) is 0. The van der Waals surface area contributed by atoms with Crippen LogP contribution in [0.4, 0.5) is 0 Å². The highest BCUT2D eigenvalue weighted by Gasteiger charge is 2.22. The third kappa shape index (κ3) is 2.90. The van der Waals surface area contributed by atoms with Crippen molar-refractivity contribution in [3.8, 4) is 11.4 Å². The number of benzene rings is 1. The highest BCUT2D eigenvalue weighted by Crippen LogP contribution is 2.31. The van der Waals surface area contributed by atoms with Crippen LogP contribution < -0.4 is 11.3 Å². The largest absolute Gasteiger partial charge is 0.480 e. The van der Waals surface area contributed by atoms with Crippen molar-refractivity contribution in [3.63, 3.8) is 0 Å². The van der Waals surface area contributed by atoms with Crippen molar-refractivity contribution in [1.82, 2.24) is 9.55 Å². The fourth-order valence-electron chi connectivity index (χ4n) is 2.58. The van der Waals surface area contributed by atoms with Gasteiger partial charge in [-0.25, -0.2) is 4.98 Å². The number of thiophene rings is 1. The first-order chi connectivity index (χ1) is 11.8. The number of hydrogen-bond donors (Lipinski definition) is 2. The Balaban J connectivity index is 2.44. The number of fused-ring (bicyclic) bond motifs is 1. The van der Waals surface area contributed by atoms with Crippen molar-refractivity contribution in [2.45, 2.75) is 13.5 Å². The van der Waals surface area contributed by atoms with Gasteiger partial charge in [-0.1, -0.05) is 23.7 Å². The maximum absolute atomic E-state index is 12.9. The molecule has 3 N–H and O–H groups in total. The Bertz CT molecular complexity index is 1090. The van der Waals surface area contributed by atoms with Crippen molar-refractivity contribution in [3.05, 3.63) is 50.1 Å². The van der Waals surface area contributed by atoms with E-state index >= 15 is 0 Å². The van der Waals surface area contributed by atoms with Crippen LogP contribution in [0.25, 0.3) is 21.6 Å². The van der Waals surface area contributed by atoms with Crippen molar-refractivity contribution < 1.29 is 14.7 Å². The molecule has 1 amide bonds. The normalized spacial score (nSPS) is 11.0. The summed E-state index contributed by atoms with van der Waals surface area (Å²) < 4.78 is 1.04. The van der Waals surface area contributed by atoms with Crippen LogP contribution in [0.5, 0.6) is 0 Å². The van der Waals surface area contributed by atoms with Crippen LogP contribution in [0.2, 0.25) is 5.02 Å². The van der Waals surface area contributed by atoms with Gasteiger partial charge in [0.15, 0.2) is 0 Å². The van der Waals surface area contributed by atoms with E-state index < -0.39 is 24.0 Å². The fourth-order valence-corrected chi connectivity index (χ4v) is 3.83. The molecule has 0 unspecified atom stereocenters. The van der Waals surface area contributed by atoms with Crippen molar-refractivity contribution in [2.24, 2.45) is 5.73 Å². The number of aryl methyl sites for hydroxylation is 1. The minimum absolute atomic E-state index is 0.128. The molecule has 128 valence electrons. The van der Waals surface area contributed by atoms with Crippen LogP contribution in [0.1, 0.15) is 15.2 Å². The molecule has 0 aliphatic carbocycles. The summed E-state index contributed by atoms with van der Waals surface area (Å²) in [5.41, 5.74) is 5.61. The Morgan fingerprint density at radius 3 is 2.64 bits per heavy atom. The molecule has 9 heteroatoms. The van der Waals surface area contributed by atoms with Gasteiger partial charge in [-0.15, -0.1) is 11.3 Å². The molecule has 1 aromatic carbocycles. The van der Waals surface area contributed by atoms with E-state index in [1.54, 1.807) is 31.2 Å². The molecule has 0 saturated heterocycles. The van der Waals surface area contributed by atoms with Gasteiger partial charge in [-0.05, 0) is 24.6 Å². The van der Waals surface area contributed by atoms with E-state index in [9.17, 15) is 19.5 Å². The topological polar surface area (TPSA) is 115 Å². The van der Waals surface area contributed by atoms with Crippen molar-refractivity contribution >= 4 is 45.0 Å². The van der Waals surface area contributed by atoms with Crippen LogP contribution >= 0.6 is 22.9 Å². The lowest BCUT2D eigenvalue weighted by Crippen LogP contribution is -2.27. The molecule has 0 bridgehead atoms. The smallest absolute Gasteiger partial charge is 0.323 e. The van der Waals surface area contributed by atoms with Crippen LogP contribution in [-0.4, -0.2) is 26.5 Å². The van der Waals surface area contributed by atoms with Crippen molar-refractivity contribution in [1.29, 1.82) is 0 Å². The van der Waals surface area contributed by atoms with Gasteiger partial charge < -0.3 is 10.8 Å². The molecule has 2 heterocycles. The summed E-state index contributed by atoms with van der Waals surface area (Å²) in [6, 6.07) is 6.68. The Hall–Kier alpha value is -2.71. The number of hydrogen-bond acceptors (Lipinski definition) is 5. The van der Waals surface area contributed by atoms with E-state index in [0.717, 1.165) is 15.9 Å². The number of halogens is 1. The number of rotatable bonds is 4. The quantitative estimate of drug-likeness (QED) is 0.723. The molecular weight excluding hydrogens is 366 g/mol. The van der Waals surface area contributed by atoms with E-state index in [4.69, 9.17) is 17.3 Å². The molecule has 3 aromatic rings. The first-order valence-electron chi connectivity index (χ1n) is 7.11. The minimum atomic E-state index is -1.19. The number of aliphatic carboxylic acids is 1. The first kappa shape index (κ1) is 17.1. The zero-order valence-electron chi connectivity index (χ0n) is 12.9. The van der Waals surface area contributed by atoms with E-state index in [1.807, 2.05) is 0 Å². The highest BCUT2D eigenvalue weighted by atomic mass is 35.5. The summed E-state index contributed by atoms with van der Waals surface area (Å²) >= 11 is 7.18. The first-order valence-corrected chi connectivity index (χ1v) is 8.31. The summed E-state index contributed by atoms with van der Waals surface area (Å²) in [4.78, 5) is 40.6. The summed E-state index contributed by atoms with van der Waals surface area (Å²) in [5, 5.41) is 9.70. The lowest BCUT2D eigenvalue weighted by molar-refractivity contribution is -0.137. The highest BCUT2D eigenvalue weighted by molar-refractivity contribution is 7.20. The number of primary amides is 1. The summed E-state index contributed by atoms with van der Waals surface area (Å²) in [7, 11) is 0. The number of amides is 1. The van der Waals surface area contributed by atoms with Crippen LogP contribution in [0, 0.1) is 6.92 Å². The molecule has 0 aliphatic rings. The third-order valence-corrected chi connectivity index (χ3v) is 5.21. The number of aromatic nitrogens is 2. The molecular formula is C16H12ClN3O4S. The molecule has 25 heavy (non-hydrogen) atoms. The Morgan fingerprint density at radius 1 is 1.36 bits per heavy atom. The van der Waals surface area contributed by atoms with E-state index in [1.165, 1.54) is 0 Å². The van der Waals surface area contributed by atoms with E-state index in [0.29, 0.717) is 21.0 Å². The molecule has 0 fully saturated rings. The monoisotopic (exact) mass is 377 g/mol. The Labute approximate surface area is 150 Å². The van der Waals surface area contributed by atoms with E-state index in [2.05, 4.69) is 4.98 Å². The summed E-state index contributed by atoms with van der Waals surface area (Å²) in [6.45, 7) is 1.01. The maximum atomic E-state index is 12.9. The molecule has 7 nitrogen and oxygen atoms in total.